The molecule has 2 fully saturated rings. The zero-order valence-corrected chi connectivity index (χ0v) is 20.6. The first-order valence-electron chi connectivity index (χ1n) is 12.2. The van der Waals surface area contributed by atoms with Crippen LogP contribution in [-0.2, 0) is 20.9 Å². The monoisotopic (exact) mass is 540 g/mol. The summed E-state index contributed by atoms with van der Waals surface area (Å²) in [7, 11) is 0. The minimum Gasteiger partial charge on any atom is -0.366 e. The molecule has 0 aliphatic carbocycles. The van der Waals surface area contributed by atoms with Gasteiger partial charge in [-0.3, -0.25) is 19.7 Å². The van der Waals surface area contributed by atoms with Crippen LogP contribution < -0.4 is 26.2 Å². The summed E-state index contributed by atoms with van der Waals surface area (Å²) in [6.45, 7) is 1.61. The molecule has 14 nitrogen and oxygen atoms in total. The minimum atomic E-state index is -0.953. The molecule has 5 amide bonds. The molecule has 3 aromatic rings. The van der Waals surface area contributed by atoms with Gasteiger partial charge in [0.05, 0.1) is 25.2 Å². The van der Waals surface area contributed by atoms with Crippen molar-refractivity contribution in [3.05, 3.63) is 48.2 Å². The van der Waals surface area contributed by atoms with Gasteiger partial charge >= 0.3 is 6.03 Å². The van der Waals surface area contributed by atoms with Gasteiger partial charge in [0.25, 0.3) is 5.91 Å². The maximum atomic E-state index is 15.0. The number of carbonyl (C=O) groups is 4. The zero-order valence-electron chi connectivity index (χ0n) is 20.6. The van der Waals surface area contributed by atoms with Crippen LogP contribution in [0.2, 0.25) is 0 Å². The number of halogens is 1. The molecule has 15 heteroatoms. The lowest BCUT2D eigenvalue weighted by molar-refractivity contribution is -0.133. The van der Waals surface area contributed by atoms with Gasteiger partial charge in [-0.25, -0.2) is 9.18 Å². The number of hydrogen-bond acceptors (Lipinski definition) is 10. The third-order valence-corrected chi connectivity index (χ3v) is 6.34. The molecule has 1 unspecified atom stereocenters. The summed E-state index contributed by atoms with van der Waals surface area (Å²) in [6.07, 6.45) is 1.18. The molecule has 2 aromatic heterocycles. The fraction of sp³-hybridized carbons (Fsp3) is 0.333. The van der Waals surface area contributed by atoms with E-state index in [0.717, 1.165) is 0 Å². The lowest BCUT2D eigenvalue weighted by Gasteiger charge is -2.36. The zero-order chi connectivity index (χ0) is 27.4. The van der Waals surface area contributed by atoms with E-state index in [4.69, 9.17) is 9.05 Å². The Hall–Kier alpha value is -4.95. The number of aromatic nitrogens is 2. The molecular weight excluding hydrogens is 515 g/mol. The summed E-state index contributed by atoms with van der Waals surface area (Å²) in [6, 6.07) is 6.59. The first kappa shape index (κ1) is 25.7. The lowest BCUT2D eigenvalue weighted by atomic mass is 10.1. The van der Waals surface area contributed by atoms with Crippen LogP contribution >= 0.6 is 0 Å². The van der Waals surface area contributed by atoms with Crippen molar-refractivity contribution in [3.8, 4) is 11.3 Å². The van der Waals surface area contributed by atoms with Gasteiger partial charge in [-0.1, -0.05) is 16.4 Å². The van der Waals surface area contributed by atoms with E-state index in [1.807, 2.05) is 10.2 Å². The van der Waals surface area contributed by atoms with E-state index in [0.29, 0.717) is 61.2 Å². The van der Waals surface area contributed by atoms with Gasteiger partial charge in [-0.2, -0.15) is 0 Å². The first-order chi connectivity index (χ1) is 18.9. The summed E-state index contributed by atoms with van der Waals surface area (Å²) >= 11 is 0. The van der Waals surface area contributed by atoms with Crippen molar-refractivity contribution in [3.63, 3.8) is 0 Å². The fourth-order valence-corrected chi connectivity index (χ4v) is 4.28. The molecule has 0 spiro atoms. The second-order valence-corrected chi connectivity index (χ2v) is 8.95. The highest BCUT2D eigenvalue weighted by Gasteiger charge is 2.31. The molecule has 39 heavy (non-hydrogen) atoms. The van der Waals surface area contributed by atoms with Gasteiger partial charge in [0.1, 0.15) is 23.8 Å². The number of rotatable bonds is 9. The van der Waals surface area contributed by atoms with Crippen molar-refractivity contribution in [1.82, 2.24) is 31.2 Å². The molecular formula is C24H25FN8O6. The largest absolute Gasteiger partial charge is 0.366 e. The van der Waals surface area contributed by atoms with Crippen molar-refractivity contribution in [1.29, 1.82) is 0 Å². The molecule has 2 aliphatic rings. The van der Waals surface area contributed by atoms with E-state index in [1.165, 1.54) is 12.3 Å². The molecule has 0 saturated carbocycles. The molecule has 4 N–H and O–H groups in total. The third-order valence-electron chi connectivity index (χ3n) is 6.34. The number of imide groups is 1. The summed E-state index contributed by atoms with van der Waals surface area (Å²) in [5.41, 5.74) is 1.46. The maximum absolute atomic E-state index is 15.0. The van der Waals surface area contributed by atoms with Crippen LogP contribution in [-0.4, -0.2) is 77.7 Å². The Morgan fingerprint density at radius 2 is 1.92 bits per heavy atom. The van der Waals surface area contributed by atoms with Crippen LogP contribution in [0, 0.1) is 5.82 Å². The number of nitrogens with one attached hydrogen (secondary N) is 4. The summed E-state index contributed by atoms with van der Waals surface area (Å²) in [5, 5.41) is 17.6. The Bertz CT molecular complexity index is 1370. The van der Waals surface area contributed by atoms with E-state index >= 15 is 4.39 Å². The number of hydrogen-bond donors (Lipinski definition) is 4. The molecule has 204 valence electrons. The molecule has 2 aliphatic heterocycles. The Morgan fingerprint density at radius 3 is 2.62 bits per heavy atom. The van der Waals surface area contributed by atoms with Crippen molar-refractivity contribution in [2.45, 2.75) is 19.0 Å². The highest BCUT2D eigenvalue weighted by Crippen LogP contribution is 2.27. The molecule has 0 bridgehead atoms. The standard InChI is InChI=1S/C24H25FN8O6/c25-16-9-14(17-10-15(39-30-17)12-26-20-3-8-38-31-20)1-2-19(16)32-4-6-33(7-5-32)22(35)13-27-21(34)11-18-23(36)29-24(37)28-18/h1-3,8-10,18H,4-7,11-13H2,(H,26,31)(H,27,34)(H2,28,29,36,37). The second-order valence-electron chi connectivity index (χ2n) is 8.95. The van der Waals surface area contributed by atoms with Crippen molar-refractivity contribution < 1.29 is 32.6 Å². The quantitative estimate of drug-likeness (QED) is 0.279. The summed E-state index contributed by atoms with van der Waals surface area (Å²) in [4.78, 5) is 50.7. The first-order valence-corrected chi connectivity index (χ1v) is 12.2. The predicted molar refractivity (Wildman–Crippen MR) is 133 cm³/mol. The number of nitrogens with zero attached hydrogens (tertiary/aromatic N) is 4. The van der Waals surface area contributed by atoms with Gasteiger partial charge in [0.15, 0.2) is 11.6 Å². The Kier molecular flexibility index (Phi) is 7.38. The van der Waals surface area contributed by atoms with Crippen molar-refractivity contribution >= 4 is 35.3 Å². The Balaban J connectivity index is 1.09. The molecule has 1 aromatic carbocycles. The number of carbonyl (C=O) groups excluding carboxylic acids is 4. The molecule has 0 radical (unpaired) electrons. The van der Waals surface area contributed by atoms with E-state index in [2.05, 4.69) is 26.3 Å². The highest BCUT2D eigenvalue weighted by atomic mass is 19.1. The van der Waals surface area contributed by atoms with Crippen LogP contribution in [0.25, 0.3) is 11.3 Å². The van der Waals surface area contributed by atoms with Gasteiger partial charge in [-0.15, -0.1) is 0 Å². The van der Waals surface area contributed by atoms with E-state index in [1.54, 1.807) is 29.2 Å². The van der Waals surface area contributed by atoms with Gasteiger partial charge in [-0.05, 0) is 12.1 Å². The highest BCUT2D eigenvalue weighted by molar-refractivity contribution is 6.05. The molecule has 5 rings (SSSR count). The topological polar surface area (TPSA) is 175 Å². The van der Waals surface area contributed by atoms with E-state index < -0.39 is 29.7 Å². The SMILES string of the molecule is O=C(CC1NC(=O)NC1=O)NCC(=O)N1CCN(c2ccc(-c3cc(CNc4ccon4)on3)cc2F)CC1. The second kappa shape index (κ2) is 11.2. The van der Waals surface area contributed by atoms with E-state index in [-0.39, 0.29) is 18.9 Å². The van der Waals surface area contributed by atoms with E-state index in [9.17, 15) is 19.2 Å². The maximum Gasteiger partial charge on any atom is 0.322 e. The Labute approximate surface area is 220 Å². The van der Waals surface area contributed by atoms with Crippen LogP contribution in [0.1, 0.15) is 12.2 Å². The average Bonchev–Trinajstić information content (AvgIpc) is 3.68. The fourth-order valence-electron chi connectivity index (χ4n) is 4.28. The lowest BCUT2D eigenvalue weighted by Crippen LogP contribution is -2.51. The van der Waals surface area contributed by atoms with Crippen LogP contribution in [0.4, 0.5) is 20.7 Å². The molecule has 2 saturated heterocycles. The third kappa shape index (κ3) is 6.14. The van der Waals surface area contributed by atoms with Crippen molar-refractivity contribution in [2.24, 2.45) is 0 Å². The smallest absolute Gasteiger partial charge is 0.322 e. The number of urea groups is 1. The van der Waals surface area contributed by atoms with Gasteiger partial charge in [0, 0.05) is 43.9 Å². The minimum absolute atomic E-state index is 0.238. The van der Waals surface area contributed by atoms with Gasteiger partial charge < -0.3 is 34.8 Å². The number of anilines is 2. The van der Waals surface area contributed by atoms with Crippen LogP contribution in [0.15, 0.2) is 45.6 Å². The van der Waals surface area contributed by atoms with Crippen molar-refractivity contribution in [2.75, 3.05) is 42.9 Å². The summed E-state index contributed by atoms with van der Waals surface area (Å²) in [5.74, 6) is -0.727. The van der Waals surface area contributed by atoms with Crippen LogP contribution in [0.3, 0.4) is 0 Å². The Morgan fingerprint density at radius 1 is 1.10 bits per heavy atom. The van der Waals surface area contributed by atoms with Crippen LogP contribution in [0.5, 0.6) is 0 Å². The predicted octanol–water partition coefficient (Wildman–Crippen LogP) is 0.444. The normalized spacial score (nSPS) is 17.1. The summed E-state index contributed by atoms with van der Waals surface area (Å²) < 4.78 is 25.1. The number of amides is 5. The molecule has 4 heterocycles. The number of benzene rings is 1. The number of piperazine rings is 1. The van der Waals surface area contributed by atoms with Gasteiger partial charge in [0.2, 0.25) is 11.8 Å². The average molecular weight is 541 g/mol. The molecule has 1 atom stereocenters.